The number of rotatable bonds is 2. The third kappa shape index (κ3) is 1.48. The van der Waals surface area contributed by atoms with Crippen molar-refractivity contribution in [3.05, 3.63) is 34.9 Å². The molecule has 70 valence electrons. The summed E-state index contributed by atoms with van der Waals surface area (Å²) < 4.78 is 0. The van der Waals surface area contributed by atoms with Crippen molar-refractivity contribution in [3.8, 4) is 0 Å². The van der Waals surface area contributed by atoms with Gasteiger partial charge in [0.1, 0.15) is 0 Å². The molecule has 0 unspecified atom stereocenters. The highest BCUT2D eigenvalue weighted by Gasteiger charge is 2.46. The molecule has 0 saturated heterocycles. The normalized spacial score (nSPS) is 19.1. The first-order valence-electron chi connectivity index (χ1n) is 4.91. The summed E-state index contributed by atoms with van der Waals surface area (Å²) in [5, 5.41) is 0.836. The molecule has 0 radical (unpaired) electrons. The maximum Gasteiger partial charge on any atom is 0.0406 e. The fourth-order valence-corrected chi connectivity index (χ4v) is 2.24. The summed E-state index contributed by atoms with van der Waals surface area (Å²) in [6, 6.07) is 8.35. The van der Waals surface area contributed by atoms with Crippen molar-refractivity contribution >= 4 is 11.6 Å². The van der Waals surface area contributed by atoms with Gasteiger partial charge in [-0.3, -0.25) is 0 Å². The van der Waals surface area contributed by atoms with Gasteiger partial charge in [0.25, 0.3) is 0 Å². The van der Waals surface area contributed by atoms with Crippen LogP contribution in [-0.2, 0) is 5.41 Å². The van der Waals surface area contributed by atoms with Gasteiger partial charge in [-0.25, -0.2) is 0 Å². The summed E-state index contributed by atoms with van der Waals surface area (Å²) in [5.41, 5.74) is 1.94. The van der Waals surface area contributed by atoms with Crippen LogP contribution in [0.4, 0.5) is 0 Å². The monoisotopic (exact) mass is 194 g/mol. The molecular formula is C12H15Cl. The molecule has 1 aromatic carbocycles. The number of hydrogen-bond acceptors (Lipinski definition) is 0. The van der Waals surface area contributed by atoms with Crippen LogP contribution in [0, 0.1) is 5.92 Å². The molecule has 0 bridgehead atoms. The topological polar surface area (TPSA) is 0 Å². The van der Waals surface area contributed by atoms with Crippen molar-refractivity contribution in [2.24, 2.45) is 5.92 Å². The second-order valence-electron chi connectivity index (χ2n) is 4.32. The van der Waals surface area contributed by atoms with Crippen LogP contribution < -0.4 is 0 Å². The first-order valence-corrected chi connectivity index (χ1v) is 5.29. The lowest BCUT2D eigenvalue weighted by molar-refractivity contribution is 0.481. The highest BCUT2D eigenvalue weighted by atomic mass is 35.5. The molecule has 0 atom stereocenters. The highest BCUT2D eigenvalue weighted by molar-refractivity contribution is 6.30. The Balaban J connectivity index is 2.31. The van der Waals surface area contributed by atoms with Gasteiger partial charge in [-0.2, -0.15) is 0 Å². The summed E-state index contributed by atoms with van der Waals surface area (Å²) in [7, 11) is 0. The lowest BCUT2D eigenvalue weighted by atomic mass is 9.85. The van der Waals surface area contributed by atoms with Crippen molar-refractivity contribution in [3.63, 3.8) is 0 Å². The van der Waals surface area contributed by atoms with E-state index >= 15 is 0 Å². The maximum atomic E-state index is 5.86. The molecule has 1 aromatic rings. The van der Waals surface area contributed by atoms with Crippen molar-refractivity contribution in [1.29, 1.82) is 0 Å². The van der Waals surface area contributed by atoms with Gasteiger partial charge in [0.05, 0.1) is 0 Å². The molecule has 1 fully saturated rings. The number of benzene rings is 1. The summed E-state index contributed by atoms with van der Waals surface area (Å²) in [4.78, 5) is 0. The molecule has 2 rings (SSSR count). The van der Waals surface area contributed by atoms with Crippen molar-refractivity contribution in [2.75, 3.05) is 0 Å². The van der Waals surface area contributed by atoms with Gasteiger partial charge < -0.3 is 0 Å². The Kier molecular flexibility index (Phi) is 2.11. The van der Waals surface area contributed by atoms with E-state index < -0.39 is 0 Å². The van der Waals surface area contributed by atoms with Crippen LogP contribution in [0.1, 0.15) is 32.3 Å². The molecule has 1 aliphatic carbocycles. The first-order chi connectivity index (χ1) is 6.15. The van der Waals surface area contributed by atoms with Crippen LogP contribution in [0.3, 0.4) is 0 Å². The van der Waals surface area contributed by atoms with Crippen LogP contribution in [0.15, 0.2) is 24.3 Å². The average Bonchev–Trinajstić information content (AvgIpc) is 2.86. The summed E-state index contributed by atoms with van der Waals surface area (Å²) >= 11 is 5.86. The number of halogens is 1. The fraction of sp³-hybridized carbons (Fsp3) is 0.500. The van der Waals surface area contributed by atoms with Gasteiger partial charge in [-0.15, -0.1) is 0 Å². The van der Waals surface area contributed by atoms with Gasteiger partial charge in [0.2, 0.25) is 0 Å². The molecule has 0 spiro atoms. The Morgan fingerprint density at radius 1 is 1.15 bits per heavy atom. The molecule has 0 heterocycles. The van der Waals surface area contributed by atoms with Crippen LogP contribution in [0.25, 0.3) is 0 Å². The van der Waals surface area contributed by atoms with E-state index in [1.54, 1.807) is 0 Å². The van der Waals surface area contributed by atoms with Crippen molar-refractivity contribution < 1.29 is 0 Å². The molecule has 0 N–H and O–H groups in total. The minimum Gasteiger partial charge on any atom is -0.0843 e. The van der Waals surface area contributed by atoms with E-state index in [4.69, 9.17) is 11.6 Å². The Morgan fingerprint density at radius 2 is 1.69 bits per heavy atom. The third-order valence-corrected chi connectivity index (χ3v) is 3.56. The zero-order valence-electron chi connectivity index (χ0n) is 8.18. The van der Waals surface area contributed by atoms with Crippen molar-refractivity contribution in [1.82, 2.24) is 0 Å². The van der Waals surface area contributed by atoms with E-state index in [2.05, 4.69) is 26.0 Å². The lowest BCUT2D eigenvalue weighted by Crippen LogP contribution is -2.14. The van der Waals surface area contributed by atoms with E-state index in [9.17, 15) is 0 Å². The second-order valence-corrected chi connectivity index (χ2v) is 4.75. The Labute approximate surface area is 84.9 Å². The molecule has 13 heavy (non-hydrogen) atoms. The van der Waals surface area contributed by atoms with Gasteiger partial charge in [0, 0.05) is 5.02 Å². The van der Waals surface area contributed by atoms with Gasteiger partial charge >= 0.3 is 0 Å². The first kappa shape index (κ1) is 9.08. The van der Waals surface area contributed by atoms with E-state index in [0.717, 1.165) is 10.9 Å². The Bertz CT molecular complexity index is 293. The Morgan fingerprint density at radius 3 is 2.08 bits per heavy atom. The van der Waals surface area contributed by atoms with E-state index in [0.29, 0.717) is 5.41 Å². The molecular weight excluding hydrogens is 180 g/mol. The maximum absolute atomic E-state index is 5.86. The van der Waals surface area contributed by atoms with E-state index in [1.807, 2.05) is 12.1 Å². The minimum atomic E-state index is 0.477. The average molecular weight is 195 g/mol. The molecule has 1 heteroatoms. The van der Waals surface area contributed by atoms with E-state index in [-0.39, 0.29) is 0 Å². The molecule has 1 saturated carbocycles. The minimum absolute atomic E-state index is 0.477. The van der Waals surface area contributed by atoms with E-state index in [1.165, 1.54) is 18.4 Å². The summed E-state index contributed by atoms with van der Waals surface area (Å²) in [6.07, 6.45) is 2.68. The van der Waals surface area contributed by atoms with Gasteiger partial charge in [0.15, 0.2) is 0 Å². The van der Waals surface area contributed by atoms with Crippen molar-refractivity contribution in [2.45, 2.75) is 32.1 Å². The van der Waals surface area contributed by atoms with Crippen LogP contribution in [-0.4, -0.2) is 0 Å². The van der Waals surface area contributed by atoms with Crippen LogP contribution in [0.2, 0.25) is 5.02 Å². The molecule has 0 nitrogen and oxygen atoms in total. The van der Waals surface area contributed by atoms with Gasteiger partial charge in [-0.05, 0) is 41.9 Å². The van der Waals surface area contributed by atoms with Crippen LogP contribution in [0.5, 0.6) is 0 Å². The smallest absolute Gasteiger partial charge is 0.0406 e. The zero-order chi connectivity index (χ0) is 9.47. The summed E-state index contributed by atoms with van der Waals surface area (Å²) in [6.45, 7) is 4.61. The highest BCUT2D eigenvalue weighted by Crippen LogP contribution is 2.53. The second kappa shape index (κ2) is 3.02. The standard InChI is InChI=1S/C12H15Cl/c1-9(2)12(7-8-12)10-3-5-11(13)6-4-10/h3-6,9H,7-8H2,1-2H3. The molecule has 0 amide bonds. The zero-order valence-corrected chi connectivity index (χ0v) is 8.93. The predicted octanol–water partition coefficient (Wildman–Crippen LogP) is 4.03. The quantitative estimate of drug-likeness (QED) is 0.667. The third-order valence-electron chi connectivity index (χ3n) is 3.31. The molecule has 0 aromatic heterocycles. The predicted molar refractivity (Wildman–Crippen MR) is 57.2 cm³/mol. The summed E-state index contributed by atoms with van der Waals surface area (Å²) in [5.74, 6) is 0.744. The van der Waals surface area contributed by atoms with Gasteiger partial charge in [-0.1, -0.05) is 37.6 Å². The largest absolute Gasteiger partial charge is 0.0843 e. The van der Waals surface area contributed by atoms with Crippen LogP contribution >= 0.6 is 11.6 Å². The number of hydrogen-bond donors (Lipinski definition) is 0. The molecule has 1 aliphatic rings. The Hall–Kier alpha value is -0.490. The lowest BCUT2D eigenvalue weighted by Gasteiger charge is -2.19. The fourth-order valence-electron chi connectivity index (χ4n) is 2.12. The SMILES string of the molecule is CC(C)C1(c2ccc(Cl)cc2)CC1. The molecule has 0 aliphatic heterocycles.